The molecule has 0 radical (unpaired) electrons. The van der Waals surface area contributed by atoms with Crippen LogP contribution in [-0.2, 0) is 16.0 Å². The van der Waals surface area contributed by atoms with Crippen LogP contribution in [0.3, 0.4) is 0 Å². The van der Waals surface area contributed by atoms with Crippen LogP contribution < -0.4 is 10.6 Å². The van der Waals surface area contributed by atoms with Gasteiger partial charge in [-0.25, -0.2) is 0 Å². The van der Waals surface area contributed by atoms with Crippen molar-refractivity contribution in [3.8, 4) is 0 Å². The Hall–Kier alpha value is -1.88. The molecule has 1 aromatic carbocycles. The second-order valence-corrected chi connectivity index (χ2v) is 4.76. The van der Waals surface area contributed by atoms with Crippen molar-refractivity contribution in [3.63, 3.8) is 0 Å². The zero-order chi connectivity index (χ0) is 15.0. The van der Waals surface area contributed by atoms with Gasteiger partial charge >= 0.3 is 5.97 Å². The fraction of sp³-hybridized carbons (Fsp3) is 0.467. The molecule has 1 amide bonds. The molecular weight excluding hydrogens is 256 g/mol. The van der Waals surface area contributed by atoms with Gasteiger partial charge in [-0.2, -0.15) is 0 Å². The third-order valence-corrected chi connectivity index (χ3v) is 2.94. The van der Waals surface area contributed by atoms with E-state index in [1.54, 1.807) is 6.07 Å². The molecule has 1 rings (SSSR count). The summed E-state index contributed by atoms with van der Waals surface area (Å²) >= 11 is 0. The molecule has 0 fully saturated rings. The van der Waals surface area contributed by atoms with Crippen LogP contribution in [0.25, 0.3) is 0 Å². The number of para-hydroxylation sites is 1. The number of carboxylic acid groups (broad SMARTS) is 1. The zero-order valence-electron chi connectivity index (χ0n) is 12.0. The first-order valence-corrected chi connectivity index (χ1v) is 6.85. The molecule has 1 unspecified atom stereocenters. The van der Waals surface area contributed by atoms with E-state index in [2.05, 4.69) is 10.6 Å². The summed E-state index contributed by atoms with van der Waals surface area (Å²) in [6.07, 6.45) is 0.857. The van der Waals surface area contributed by atoms with Crippen LogP contribution in [-0.4, -0.2) is 29.6 Å². The van der Waals surface area contributed by atoms with E-state index in [1.807, 2.05) is 32.0 Å². The molecule has 3 N–H and O–H groups in total. The topological polar surface area (TPSA) is 78.4 Å². The van der Waals surface area contributed by atoms with Gasteiger partial charge in [-0.15, -0.1) is 0 Å². The van der Waals surface area contributed by atoms with Gasteiger partial charge in [-0.3, -0.25) is 9.59 Å². The third-order valence-electron chi connectivity index (χ3n) is 2.94. The standard InChI is InChI=1S/C15H22N2O3/c1-3-16-11(2)10-14(18)17-13-7-5-4-6-12(13)8-9-15(19)20/h4-7,11,16H,3,8-10H2,1-2H3,(H,17,18)(H,19,20). The van der Waals surface area contributed by atoms with Crippen LogP contribution in [0.15, 0.2) is 24.3 Å². The van der Waals surface area contributed by atoms with Gasteiger partial charge in [0.25, 0.3) is 0 Å². The number of carbonyl (C=O) groups is 2. The van der Waals surface area contributed by atoms with Crippen LogP contribution in [0.5, 0.6) is 0 Å². The molecule has 5 heteroatoms. The first kappa shape index (κ1) is 16.2. The minimum Gasteiger partial charge on any atom is -0.481 e. The number of aliphatic carboxylic acids is 1. The van der Waals surface area contributed by atoms with E-state index in [0.29, 0.717) is 18.5 Å². The van der Waals surface area contributed by atoms with Gasteiger partial charge in [0.2, 0.25) is 5.91 Å². The minimum absolute atomic E-state index is 0.0562. The lowest BCUT2D eigenvalue weighted by Crippen LogP contribution is -2.30. The van der Waals surface area contributed by atoms with Crippen molar-refractivity contribution in [1.29, 1.82) is 0 Å². The van der Waals surface area contributed by atoms with E-state index >= 15 is 0 Å². The van der Waals surface area contributed by atoms with Gasteiger partial charge in [0.15, 0.2) is 0 Å². The SMILES string of the molecule is CCNC(C)CC(=O)Nc1ccccc1CCC(=O)O. The molecule has 0 heterocycles. The van der Waals surface area contributed by atoms with Gasteiger partial charge in [0.1, 0.15) is 0 Å². The van der Waals surface area contributed by atoms with Crippen molar-refractivity contribution in [2.45, 2.75) is 39.2 Å². The summed E-state index contributed by atoms with van der Waals surface area (Å²) < 4.78 is 0. The molecule has 1 atom stereocenters. The van der Waals surface area contributed by atoms with Gasteiger partial charge in [-0.1, -0.05) is 25.1 Å². The summed E-state index contributed by atoms with van der Waals surface area (Å²) in [5.41, 5.74) is 1.54. The first-order chi connectivity index (χ1) is 9.52. The molecule has 0 spiro atoms. The molecule has 0 saturated heterocycles. The molecule has 0 aromatic heterocycles. The van der Waals surface area contributed by atoms with Gasteiger partial charge in [-0.05, 0) is 31.5 Å². The lowest BCUT2D eigenvalue weighted by molar-refractivity contribution is -0.136. The molecule has 0 aliphatic rings. The van der Waals surface area contributed by atoms with Crippen LogP contribution in [0, 0.1) is 0 Å². The Balaban J connectivity index is 2.62. The highest BCUT2D eigenvalue weighted by atomic mass is 16.4. The molecule has 20 heavy (non-hydrogen) atoms. The predicted molar refractivity (Wildman–Crippen MR) is 78.8 cm³/mol. The Morgan fingerprint density at radius 1 is 1.30 bits per heavy atom. The Bertz CT molecular complexity index is 460. The highest BCUT2D eigenvalue weighted by Crippen LogP contribution is 2.17. The summed E-state index contributed by atoms with van der Waals surface area (Å²) in [7, 11) is 0. The van der Waals surface area contributed by atoms with Crippen molar-refractivity contribution >= 4 is 17.6 Å². The maximum Gasteiger partial charge on any atom is 0.303 e. The number of aryl methyl sites for hydroxylation is 1. The van der Waals surface area contributed by atoms with Crippen molar-refractivity contribution in [2.24, 2.45) is 0 Å². The first-order valence-electron chi connectivity index (χ1n) is 6.85. The maximum atomic E-state index is 11.9. The molecule has 110 valence electrons. The quantitative estimate of drug-likeness (QED) is 0.680. The van der Waals surface area contributed by atoms with E-state index in [0.717, 1.165) is 12.1 Å². The van der Waals surface area contributed by atoms with Crippen LogP contribution in [0.1, 0.15) is 32.3 Å². The Morgan fingerprint density at radius 2 is 2.00 bits per heavy atom. The Kier molecular flexibility index (Phi) is 6.73. The third kappa shape index (κ3) is 5.84. The Labute approximate surface area is 119 Å². The largest absolute Gasteiger partial charge is 0.481 e. The van der Waals surface area contributed by atoms with Crippen molar-refractivity contribution in [3.05, 3.63) is 29.8 Å². The monoisotopic (exact) mass is 278 g/mol. The molecule has 0 aliphatic carbocycles. The second-order valence-electron chi connectivity index (χ2n) is 4.76. The van der Waals surface area contributed by atoms with E-state index < -0.39 is 5.97 Å². The smallest absolute Gasteiger partial charge is 0.303 e. The number of amides is 1. The van der Waals surface area contributed by atoms with Crippen molar-refractivity contribution in [2.75, 3.05) is 11.9 Å². The summed E-state index contributed by atoms with van der Waals surface area (Å²) in [6, 6.07) is 7.42. The van der Waals surface area contributed by atoms with E-state index in [9.17, 15) is 9.59 Å². The predicted octanol–water partition coefficient (Wildman–Crippen LogP) is 2.03. The number of nitrogens with one attached hydrogen (secondary N) is 2. The van der Waals surface area contributed by atoms with E-state index in [-0.39, 0.29) is 18.4 Å². The summed E-state index contributed by atoms with van der Waals surface area (Å²) in [6.45, 7) is 4.78. The number of hydrogen-bond acceptors (Lipinski definition) is 3. The average Bonchev–Trinajstić information content (AvgIpc) is 2.37. The molecule has 0 aliphatic heterocycles. The molecule has 1 aromatic rings. The fourth-order valence-electron chi connectivity index (χ4n) is 2.00. The highest BCUT2D eigenvalue weighted by molar-refractivity contribution is 5.91. The minimum atomic E-state index is -0.841. The number of rotatable bonds is 8. The normalized spacial score (nSPS) is 11.9. The molecule has 5 nitrogen and oxygen atoms in total. The number of carboxylic acids is 1. The van der Waals surface area contributed by atoms with Crippen LogP contribution in [0.2, 0.25) is 0 Å². The van der Waals surface area contributed by atoms with Crippen molar-refractivity contribution < 1.29 is 14.7 Å². The lowest BCUT2D eigenvalue weighted by Gasteiger charge is -2.14. The van der Waals surface area contributed by atoms with E-state index in [1.165, 1.54) is 0 Å². The maximum absolute atomic E-state index is 11.9. The lowest BCUT2D eigenvalue weighted by atomic mass is 10.1. The number of anilines is 1. The van der Waals surface area contributed by atoms with Crippen LogP contribution >= 0.6 is 0 Å². The summed E-state index contributed by atoms with van der Waals surface area (Å²) in [4.78, 5) is 22.5. The highest BCUT2D eigenvalue weighted by Gasteiger charge is 2.10. The van der Waals surface area contributed by atoms with Gasteiger partial charge in [0, 0.05) is 24.6 Å². The number of hydrogen-bond donors (Lipinski definition) is 3. The fourth-order valence-corrected chi connectivity index (χ4v) is 2.00. The Morgan fingerprint density at radius 3 is 2.65 bits per heavy atom. The average molecular weight is 278 g/mol. The summed E-state index contributed by atoms with van der Waals surface area (Å²) in [5.74, 6) is -0.909. The summed E-state index contributed by atoms with van der Waals surface area (Å²) in [5, 5.41) is 14.8. The van der Waals surface area contributed by atoms with Crippen LogP contribution in [0.4, 0.5) is 5.69 Å². The van der Waals surface area contributed by atoms with Gasteiger partial charge < -0.3 is 15.7 Å². The molecular formula is C15H22N2O3. The molecule has 0 bridgehead atoms. The second kappa shape index (κ2) is 8.32. The van der Waals surface area contributed by atoms with E-state index in [4.69, 9.17) is 5.11 Å². The van der Waals surface area contributed by atoms with Gasteiger partial charge in [0.05, 0.1) is 0 Å². The number of benzene rings is 1. The molecule has 0 saturated carbocycles. The zero-order valence-corrected chi connectivity index (χ0v) is 12.0. The number of carbonyl (C=O) groups excluding carboxylic acids is 1. The van der Waals surface area contributed by atoms with Crippen molar-refractivity contribution in [1.82, 2.24) is 5.32 Å².